The maximum absolute atomic E-state index is 10.8. The zero-order chi connectivity index (χ0) is 8.97. The number of nitrogens with one attached hydrogen (secondary N) is 1. The zero-order valence-corrected chi connectivity index (χ0v) is 7.13. The number of ether oxygens (including phenoxy) is 1. The average molecular weight is 171 g/mol. The lowest BCUT2D eigenvalue weighted by Gasteiger charge is -2.22. The second kappa shape index (κ2) is 4.09. The second-order valence-electron chi connectivity index (χ2n) is 2.81. The second-order valence-corrected chi connectivity index (χ2v) is 2.81. The number of amides is 1. The van der Waals surface area contributed by atoms with E-state index in [0.717, 1.165) is 0 Å². The number of carbonyl (C=O) groups excluding carboxylic acids is 2. The first-order valence-electron chi connectivity index (χ1n) is 4.18. The summed E-state index contributed by atoms with van der Waals surface area (Å²) in [6.45, 7) is 2.22. The summed E-state index contributed by atoms with van der Waals surface area (Å²) in [5.41, 5.74) is 0. The minimum atomic E-state index is -0.198. The van der Waals surface area contributed by atoms with Gasteiger partial charge in [-0.05, 0) is 6.42 Å². The van der Waals surface area contributed by atoms with E-state index in [9.17, 15) is 9.59 Å². The van der Waals surface area contributed by atoms with Gasteiger partial charge in [0.25, 0.3) is 0 Å². The molecule has 0 aromatic heterocycles. The van der Waals surface area contributed by atoms with Crippen LogP contribution in [0.1, 0.15) is 26.2 Å². The molecule has 0 saturated carbocycles. The monoisotopic (exact) mass is 171 g/mol. The molecule has 1 fully saturated rings. The molecule has 1 N–H and O–H groups in total. The third kappa shape index (κ3) is 2.53. The summed E-state index contributed by atoms with van der Waals surface area (Å²) in [4.78, 5) is 21.5. The lowest BCUT2D eigenvalue weighted by molar-refractivity contribution is -0.151. The minimum Gasteiger partial charge on any atom is -0.460 e. The Balaban J connectivity index is 2.26. The lowest BCUT2D eigenvalue weighted by Crippen LogP contribution is -2.40. The summed E-state index contributed by atoms with van der Waals surface area (Å²) < 4.78 is 5.04. The SMILES string of the molecule is CCC(=O)OC1CCC(=O)NC1. The van der Waals surface area contributed by atoms with E-state index in [0.29, 0.717) is 25.8 Å². The van der Waals surface area contributed by atoms with Crippen molar-refractivity contribution in [2.45, 2.75) is 32.3 Å². The molecule has 12 heavy (non-hydrogen) atoms. The molecule has 0 spiro atoms. The third-order valence-corrected chi connectivity index (χ3v) is 1.81. The topological polar surface area (TPSA) is 55.4 Å². The van der Waals surface area contributed by atoms with E-state index in [1.807, 2.05) is 0 Å². The first kappa shape index (κ1) is 9.03. The Morgan fingerprint density at radius 1 is 1.75 bits per heavy atom. The summed E-state index contributed by atoms with van der Waals surface area (Å²) in [5, 5.41) is 2.65. The minimum absolute atomic E-state index is 0.0406. The van der Waals surface area contributed by atoms with Crippen LogP contribution in [0.25, 0.3) is 0 Å². The molecule has 0 aromatic rings. The highest BCUT2D eigenvalue weighted by Crippen LogP contribution is 2.07. The highest BCUT2D eigenvalue weighted by Gasteiger charge is 2.20. The van der Waals surface area contributed by atoms with Gasteiger partial charge in [-0.15, -0.1) is 0 Å². The number of carbonyl (C=O) groups is 2. The smallest absolute Gasteiger partial charge is 0.305 e. The molecule has 1 heterocycles. The van der Waals surface area contributed by atoms with E-state index < -0.39 is 0 Å². The van der Waals surface area contributed by atoms with Gasteiger partial charge < -0.3 is 10.1 Å². The van der Waals surface area contributed by atoms with E-state index in [2.05, 4.69) is 5.32 Å². The van der Waals surface area contributed by atoms with Crippen molar-refractivity contribution < 1.29 is 14.3 Å². The number of rotatable bonds is 2. The van der Waals surface area contributed by atoms with Crippen LogP contribution >= 0.6 is 0 Å². The molecule has 4 heteroatoms. The van der Waals surface area contributed by atoms with Crippen molar-refractivity contribution in [1.82, 2.24) is 5.32 Å². The molecular formula is C8H13NO3. The maximum atomic E-state index is 10.8. The molecule has 68 valence electrons. The van der Waals surface area contributed by atoms with Gasteiger partial charge in [-0.1, -0.05) is 6.92 Å². The van der Waals surface area contributed by atoms with Gasteiger partial charge in [-0.3, -0.25) is 9.59 Å². The number of piperidine rings is 1. The van der Waals surface area contributed by atoms with Crippen molar-refractivity contribution in [3.8, 4) is 0 Å². The molecule has 1 unspecified atom stereocenters. The van der Waals surface area contributed by atoms with Gasteiger partial charge in [0.1, 0.15) is 6.10 Å². The molecule has 1 aliphatic rings. The van der Waals surface area contributed by atoms with Crippen molar-refractivity contribution in [2.75, 3.05) is 6.54 Å². The van der Waals surface area contributed by atoms with Crippen molar-refractivity contribution >= 4 is 11.9 Å². The maximum Gasteiger partial charge on any atom is 0.305 e. The van der Waals surface area contributed by atoms with Gasteiger partial charge >= 0.3 is 5.97 Å². The van der Waals surface area contributed by atoms with E-state index in [4.69, 9.17) is 4.74 Å². The molecule has 4 nitrogen and oxygen atoms in total. The van der Waals surface area contributed by atoms with Gasteiger partial charge in [0, 0.05) is 12.8 Å². The van der Waals surface area contributed by atoms with Crippen molar-refractivity contribution in [3.05, 3.63) is 0 Å². The lowest BCUT2D eigenvalue weighted by atomic mass is 10.1. The van der Waals surface area contributed by atoms with Crippen LogP contribution in [0.15, 0.2) is 0 Å². The molecule has 0 bridgehead atoms. The van der Waals surface area contributed by atoms with Gasteiger partial charge in [0.2, 0.25) is 5.91 Å². The van der Waals surface area contributed by atoms with Crippen LogP contribution in [0.5, 0.6) is 0 Å². The largest absolute Gasteiger partial charge is 0.460 e. The Kier molecular flexibility index (Phi) is 3.08. The number of esters is 1. The van der Waals surface area contributed by atoms with Crippen LogP contribution in [-0.2, 0) is 14.3 Å². The normalized spacial score (nSPS) is 23.1. The van der Waals surface area contributed by atoms with Crippen molar-refractivity contribution in [1.29, 1.82) is 0 Å². The fourth-order valence-electron chi connectivity index (χ4n) is 1.08. The van der Waals surface area contributed by atoms with Crippen LogP contribution in [0, 0.1) is 0 Å². The molecule has 1 amide bonds. The van der Waals surface area contributed by atoms with Gasteiger partial charge in [0.15, 0.2) is 0 Å². The fourth-order valence-corrected chi connectivity index (χ4v) is 1.08. The first-order chi connectivity index (χ1) is 5.72. The summed E-state index contributed by atoms with van der Waals surface area (Å²) in [5.74, 6) is -0.157. The molecule has 0 aromatic carbocycles. The Labute approximate surface area is 71.3 Å². The van der Waals surface area contributed by atoms with Crippen molar-refractivity contribution in [2.24, 2.45) is 0 Å². The van der Waals surface area contributed by atoms with Crippen molar-refractivity contribution in [3.63, 3.8) is 0 Å². The number of hydrogen-bond acceptors (Lipinski definition) is 3. The first-order valence-corrected chi connectivity index (χ1v) is 4.18. The molecule has 0 aliphatic carbocycles. The molecule has 1 atom stereocenters. The molecule has 1 rings (SSSR count). The van der Waals surface area contributed by atoms with Crippen LogP contribution in [0.4, 0.5) is 0 Å². The Bertz CT molecular complexity index is 181. The predicted octanol–water partition coefficient (Wildman–Crippen LogP) is 0.218. The molecule has 1 aliphatic heterocycles. The van der Waals surface area contributed by atoms with Crippen LogP contribution < -0.4 is 5.32 Å². The summed E-state index contributed by atoms with van der Waals surface area (Å²) in [7, 11) is 0. The molecular weight excluding hydrogens is 158 g/mol. The van der Waals surface area contributed by atoms with Crippen LogP contribution in [-0.4, -0.2) is 24.5 Å². The Morgan fingerprint density at radius 2 is 2.50 bits per heavy atom. The highest BCUT2D eigenvalue weighted by molar-refractivity contribution is 5.77. The van der Waals surface area contributed by atoms with Crippen LogP contribution in [0.2, 0.25) is 0 Å². The number of hydrogen-bond donors (Lipinski definition) is 1. The molecule has 0 radical (unpaired) electrons. The fraction of sp³-hybridized carbons (Fsp3) is 0.750. The standard InChI is InChI=1S/C8H13NO3/c1-2-8(11)12-6-3-4-7(10)9-5-6/h6H,2-5H2,1H3,(H,9,10). The summed E-state index contributed by atoms with van der Waals surface area (Å²) in [6, 6.07) is 0. The Hall–Kier alpha value is -1.06. The van der Waals surface area contributed by atoms with E-state index in [1.165, 1.54) is 0 Å². The summed E-state index contributed by atoms with van der Waals surface area (Å²) >= 11 is 0. The highest BCUT2D eigenvalue weighted by atomic mass is 16.5. The average Bonchev–Trinajstić information content (AvgIpc) is 2.09. The molecule has 1 saturated heterocycles. The third-order valence-electron chi connectivity index (χ3n) is 1.81. The Morgan fingerprint density at radius 3 is 3.00 bits per heavy atom. The van der Waals surface area contributed by atoms with E-state index >= 15 is 0 Å². The van der Waals surface area contributed by atoms with Gasteiger partial charge in [0.05, 0.1) is 6.54 Å². The van der Waals surface area contributed by atoms with E-state index in [-0.39, 0.29) is 18.0 Å². The quantitative estimate of drug-likeness (QED) is 0.604. The predicted molar refractivity (Wildman–Crippen MR) is 42.4 cm³/mol. The van der Waals surface area contributed by atoms with Crippen LogP contribution in [0.3, 0.4) is 0 Å². The summed E-state index contributed by atoms with van der Waals surface area (Å²) in [6.07, 6.45) is 1.39. The van der Waals surface area contributed by atoms with Gasteiger partial charge in [-0.25, -0.2) is 0 Å². The van der Waals surface area contributed by atoms with E-state index in [1.54, 1.807) is 6.92 Å². The zero-order valence-electron chi connectivity index (χ0n) is 7.13. The van der Waals surface area contributed by atoms with Gasteiger partial charge in [-0.2, -0.15) is 0 Å².